The maximum absolute atomic E-state index is 14.2. The number of amides is 2. The first kappa shape index (κ1) is 37.3. The number of ether oxygens (including phenoxy) is 1. The van der Waals surface area contributed by atoms with E-state index in [4.69, 9.17) is 9.72 Å². The third-order valence-electron chi connectivity index (χ3n) is 8.79. The van der Waals surface area contributed by atoms with E-state index >= 15 is 0 Å². The molecule has 278 valence electrons. The van der Waals surface area contributed by atoms with E-state index in [1.165, 1.54) is 15.7 Å². The highest BCUT2D eigenvalue weighted by Gasteiger charge is 2.26. The molecule has 1 fully saturated rings. The van der Waals surface area contributed by atoms with Crippen LogP contribution in [0.25, 0.3) is 17.8 Å². The number of pyridine rings is 1. The molecule has 0 spiro atoms. The Morgan fingerprint density at radius 1 is 1.08 bits per heavy atom. The van der Waals surface area contributed by atoms with E-state index in [2.05, 4.69) is 51.9 Å². The second-order valence-corrected chi connectivity index (χ2v) is 15.3. The first-order valence-electron chi connectivity index (χ1n) is 17.4. The minimum atomic E-state index is -0.289. The molecule has 1 aliphatic heterocycles. The van der Waals surface area contributed by atoms with Gasteiger partial charge in [0.05, 0.1) is 37.9 Å². The number of aromatic nitrogens is 7. The van der Waals surface area contributed by atoms with Crippen LogP contribution in [-0.2, 0) is 28.0 Å². The van der Waals surface area contributed by atoms with E-state index in [-0.39, 0.29) is 41.8 Å². The molecular weight excluding hydrogens is 695 g/mol. The van der Waals surface area contributed by atoms with Crippen molar-refractivity contribution in [2.75, 3.05) is 51.1 Å². The van der Waals surface area contributed by atoms with Crippen LogP contribution >= 0.6 is 11.3 Å². The number of hydrogen-bond acceptors (Lipinski definition) is 12. The number of likely N-dealkylation sites (N-methyl/N-ethyl adjacent to an activating group) is 1. The zero-order valence-electron chi connectivity index (χ0n) is 30.9. The van der Waals surface area contributed by atoms with Crippen LogP contribution in [0, 0.1) is 0 Å². The second-order valence-electron chi connectivity index (χ2n) is 14.4. The molecule has 2 N–H and O–H groups in total. The summed E-state index contributed by atoms with van der Waals surface area (Å²) in [5.74, 6) is 1.41. The Labute approximate surface area is 311 Å². The Balaban J connectivity index is 1.30. The SMILES string of the molecule is COc1ccc(Cn2nnnc2/C=C/c2c(N3CCC[C@H](NC(=O)CN(C)C)C3)nc3cc(CC(=O)Nc4nc(C(C)(C)C)cs4)ccn3c2=O)cc1. The molecule has 15 nitrogen and oxygen atoms in total. The predicted molar refractivity (Wildman–Crippen MR) is 205 cm³/mol. The molecule has 6 rings (SSSR count). The van der Waals surface area contributed by atoms with Crippen molar-refractivity contribution >= 4 is 51.9 Å². The lowest BCUT2D eigenvalue weighted by Crippen LogP contribution is -2.50. The third kappa shape index (κ3) is 9.31. The van der Waals surface area contributed by atoms with Crippen molar-refractivity contribution < 1.29 is 14.3 Å². The Hall–Kier alpha value is -5.48. The molecule has 0 radical (unpaired) electrons. The topological polar surface area (TPSA) is 165 Å². The summed E-state index contributed by atoms with van der Waals surface area (Å²) >= 11 is 1.39. The molecule has 1 aliphatic rings. The number of benzene rings is 1. The molecule has 53 heavy (non-hydrogen) atoms. The van der Waals surface area contributed by atoms with Crippen molar-refractivity contribution in [1.82, 2.24) is 44.8 Å². The summed E-state index contributed by atoms with van der Waals surface area (Å²) in [6.45, 7) is 8.04. The Bertz CT molecular complexity index is 2170. The third-order valence-corrected chi connectivity index (χ3v) is 9.55. The molecule has 16 heteroatoms. The number of methoxy groups -OCH3 is 1. The summed E-state index contributed by atoms with van der Waals surface area (Å²) in [5, 5.41) is 20.8. The number of thiazole rings is 1. The van der Waals surface area contributed by atoms with Gasteiger partial charge >= 0.3 is 0 Å². The van der Waals surface area contributed by atoms with Crippen LogP contribution in [-0.4, -0.2) is 98.2 Å². The molecule has 5 heterocycles. The smallest absolute Gasteiger partial charge is 0.267 e. The molecular formula is C37H45N11O4S. The van der Waals surface area contributed by atoms with Crippen molar-refractivity contribution in [2.24, 2.45) is 0 Å². The Morgan fingerprint density at radius 2 is 1.87 bits per heavy atom. The van der Waals surface area contributed by atoms with E-state index < -0.39 is 0 Å². The number of piperidine rings is 1. The number of rotatable bonds is 12. The standard InChI is InChI=1S/C37H45N11O4S/c1-37(2,3)29-23-53-36(39-29)41-32(49)19-25-15-17-47-31(18-25)40-34(46-16-7-8-26(21-46)38-33(50)22-45(4)5)28(35(47)51)13-14-30-42-43-44-48(30)20-24-9-11-27(52-6)12-10-24/h9-15,17-18,23,26H,7-8,16,19-22H2,1-6H3,(H,38,50)(H,39,41,49)/b14-13+/t26-/m0/s1. The molecule has 2 amide bonds. The Kier molecular flexibility index (Phi) is 11.3. The largest absolute Gasteiger partial charge is 0.497 e. The molecule has 4 aromatic heterocycles. The summed E-state index contributed by atoms with van der Waals surface area (Å²) in [7, 11) is 5.32. The fourth-order valence-electron chi connectivity index (χ4n) is 6.06. The lowest BCUT2D eigenvalue weighted by Gasteiger charge is -2.35. The minimum Gasteiger partial charge on any atom is -0.497 e. The Morgan fingerprint density at radius 3 is 2.58 bits per heavy atom. The molecule has 1 saturated heterocycles. The average Bonchev–Trinajstić information content (AvgIpc) is 3.77. The summed E-state index contributed by atoms with van der Waals surface area (Å²) in [6.07, 6.45) is 6.73. The van der Waals surface area contributed by atoms with Crippen LogP contribution in [0.5, 0.6) is 5.75 Å². The van der Waals surface area contributed by atoms with E-state index in [1.54, 1.807) is 42.3 Å². The maximum atomic E-state index is 14.2. The normalized spacial score (nSPS) is 15.0. The maximum Gasteiger partial charge on any atom is 0.267 e. The van der Waals surface area contributed by atoms with Gasteiger partial charge in [0.2, 0.25) is 11.8 Å². The average molecular weight is 740 g/mol. The summed E-state index contributed by atoms with van der Waals surface area (Å²) in [5.41, 5.74) is 2.92. The summed E-state index contributed by atoms with van der Waals surface area (Å²) in [6, 6.07) is 11.0. The van der Waals surface area contributed by atoms with Crippen molar-refractivity contribution in [3.05, 3.63) is 86.5 Å². The first-order chi connectivity index (χ1) is 25.4. The van der Waals surface area contributed by atoms with Gasteiger partial charge in [-0.3, -0.25) is 18.8 Å². The number of tetrazole rings is 1. The van der Waals surface area contributed by atoms with E-state index in [0.717, 1.165) is 29.8 Å². The highest BCUT2D eigenvalue weighted by molar-refractivity contribution is 7.14. The molecule has 1 atom stereocenters. The highest BCUT2D eigenvalue weighted by atomic mass is 32.1. The lowest BCUT2D eigenvalue weighted by atomic mass is 9.93. The summed E-state index contributed by atoms with van der Waals surface area (Å²) in [4.78, 5) is 53.4. The number of nitrogens with zero attached hydrogens (tertiary/aromatic N) is 9. The van der Waals surface area contributed by atoms with Crippen LogP contribution in [0.2, 0.25) is 0 Å². The van der Waals surface area contributed by atoms with Gasteiger partial charge in [0.25, 0.3) is 5.56 Å². The second kappa shape index (κ2) is 16.0. The van der Waals surface area contributed by atoms with Gasteiger partial charge in [-0.25, -0.2) is 14.6 Å². The fourth-order valence-corrected chi connectivity index (χ4v) is 7.01. The first-order valence-corrected chi connectivity index (χ1v) is 18.3. The molecule has 0 saturated carbocycles. The molecule has 1 aromatic carbocycles. The number of carbonyl (C=O) groups excluding carboxylic acids is 2. The zero-order chi connectivity index (χ0) is 37.7. The molecule has 0 bridgehead atoms. The predicted octanol–water partition coefficient (Wildman–Crippen LogP) is 3.49. The van der Waals surface area contributed by atoms with Gasteiger partial charge in [-0.2, -0.15) is 0 Å². The van der Waals surface area contributed by atoms with E-state index in [0.29, 0.717) is 53.2 Å². The van der Waals surface area contributed by atoms with Gasteiger partial charge in [-0.15, -0.1) is 16.4 Å². The van der Waals surface area contributed by atoms with E-state index in [9.17, 15) is 14.4 Å². The van der Waals surface area contributed by atoms with Gasteiger partial charge in [0, 0.05) is 36.1 Å². The number of nitrogens with one attached hydrogen (secondary N) is 2. The lowest BCUT2D eigenvalue weighted by molar-refractivity contribution is -0.122. The van der Waals surface area contributed by atoms with Crippen LogP contribution in [0.4, 0.5) is 10.9 Å². The molecule has 0 aliphatic carbocycles. The van der Waals surface area contributed by atoms with E-state index in [1.807, 2.05) is 53.5 Å². The number of hydrogen-bond donors (Lipinski definition) is 2. The number of fused-ring (bicyclic) bond motifs is 1. The number of carbonyl (C=O) groups is 2. The van der Waals surface area contributed by atoms with Crippen molar-refractivity contribution in [3.63, 3.8) is 0 Å². The van der Waals surface area contributed by atoms with Gasteiger partial charge in [0.1, 0.15) is 17.2 Å². The van der Waals surface area contributed by atoms with Gasteiger partial charge in [0.15, 0.2) is 11.0 Å². The van der Waals surface area contributed by atoms with Crippen molar-refractivity contribution in [3.8, 4) is 5.75 Å². The van der Waals surface area contributed by atoms with Gasteiger partial charge in [-0.05, 0) is 84.9 Å². The molecule has 0 unspecified atom stereocenters. The number of anilines is 2. The quantitative estimate of drug-likeness (QED) is 0.193. The van der Waals surface area contributed by atoms with Crippen LogP contribution in [0.15, 0.2) is 52.8 Å². The van der Waals surface area contributed by atoms with Crippen LogP contribution in [0.3, 0.4) is 0 Å². The van der Waals surface area contributed by atoms with Gasteiger partial charge < -0.3 is 25.2 Å². The van der Waals surface area contributed by atoms with Crippen molar-refractivity contribution in [2.45, 2.75) is 58.0 Å². The summed E-state index contributed by atoms with van der Waals surface area (Å²) < 4.78 is 8.39. The van der Waals surface area contributed by atoms with Crippen LogP contribution in [0.1, 0.15) is 61.8 Å². The van der Waals surface area contributed by atoms with Crippen LogP contribution < -0.4 is 25.8 Å². The monoisotopic (exact) mass is 739 g/mol. The zero-order valence-corrected chi connectivity index (χ0v) is 31.7. The minimum absolute atomic E-state index is 0.0625. The highest BCUT2D eigenvalue weighted by Crippen LogP contribution is 2.27. The molecule has 5 aromatic rings. The van der Waals surface area contributed by atoms with Gasteiger partial charge in [-0.1, -0.05) is 32.9 Å². The fraction of sp³-hybridized carbons (Fsp3) is 0.405. The van der Waals surface area contributed by atoms with Crippen molar-refractivity contribution in [1.29, 1.82) is 0 Å².